The Balaban J connectivity index is 1.84. The van der Waals surface area contributed by atoms with E-state index in [1.54, 1.807) is 25.4 Å². The molecule has 2 N–H and O–H groups in total. The van der Waals surface area contributed by atoms with E-state index in [-0.39, 0.29) is 6.04 Å². The van der Waals surface area contributed by atoms with Crippen LogP contribution < -0.4 is 4.72 Å². The Morgan fingerprint density at radius 3 is 2.71 bits per heavy atom. The van der Waals surface area contributed by atoms with Crippen molar-refractivity contribution in [1.29, 1.82) is 0 Å². The minimum Gasteiger partial charge on any atom is -0.285 e. The zero-order valence-corrected chi connectivity index (χ0v) is 12.8. The standard InChI is InChI=1S/C15H19N3O2S/c1-11(14-9-16-17-10-14)18-21(19,20)15-7-6-12-4-2-3-5-13(12)8-15/h6-11,18H,2-5H2,1H3,(H,16,17). The van der Waals surface area contributed by atoms with Crippen molar-refractivity contribution in [3.05, 3.63) is 47.3 Å². The number of sulfonamides is 1. The van der Waals surface area contributed by atoms with Crippen LogP contribution >= 0.6 is 0 Å². The first-order valence-corrected chi connectivity index (χ1v) is 8.67. The van der Waals surface area contributed by atoms with Crippen LogP contribution in [0.1, 0.15) is 42.5 Å². The van der Waals surface area contributed by atoms with Crippen LogP contribution in [0.25, 0.3) is 0 Å². The third kappa shape index (κ3) is 3.01. The fourth-order valence-corrected chi connectivity index (χ4v) is 4.03. The average molecular weight is 305 g/mol. The predicted molar refractivity (Wildman–Crippen MR) is 80.4 cm³/mol. The van der Waals surface area contributed by atoms with Gasteiger partial charge in [-0.05, 0) is 55.9 Å². The van der Waals surface area contributed by atoms with Gasteiger partial charge in [-0.1, -0.05) is 6.07 Å². The molecule has 1 atom stereocenters. The summed E-state index contributed by atoms with van der Waals surface area (Å²) in [4.78, 5) is 0.346. The van der Waals surface area contributed by atoms with Crippen molar-refractivity contribution < 1.29 is 8.42 Å². The topological polar surface area (TPSA) is 74.8 Å². The Kier molecular flexibility index (Phi) is 3.82. The molecule has 3 rings (SSSR count). The molecule has 1 aliphatic carbocycles. The van der Waals surface area contributed by atoms with E-state index < -0.39 is 10.0 Å². The van der Waals surface area contributed by atoms with E-state index >= 15 is 0 Å². The van der Waals surface area contributed by atoms with Crippen molar-refractivity contribution in [3.63, 3.8) is 0 Å². The molecular weight excluding hydrogens is 286 g/mol. The van der Waals surface area contributed by atoms with Gasteiger partial charge in [0.2, 0.25) is 10.0 Å². The van der Waals surface area contributed by atoms with Crippen LogP contribution in [0.5, 0.6) is 0 Å². The first kappa shape index (κ1) is 14.3. The molecule has 1 aliphatic rings. The van der Waals surface area contributed by atoms with Gasteiger partial charge in [0.05, 0.1) is 11.1 Å². The maximum absolute atomic E-state index is 12.5. The number of nitrogens with zero attached hydrogens (tertiary/aromatic N) is 1. The third-order valence-electron chi connectivity index (χ3n) is 3.98. The van der Waals surface area contributed by atoms with E-state index in [2.05, 4.69) is 14.9 Å². The largest absolute Gasteiger partial charge is 0.285 e. The molecule has 0 spiro atoms. The molecule has 21 heavy (non-hydrogen) atoms. The lowest BCUT2D eigenvalue weighted by atomic mass is 9.92. The number of hydrogen-bond acceptors (Lipinski definition) is 3. The molecule has 0 saturated carbocycles. The lowest BCUT2D eigenvalue weighted by molar-refractivity contribution is 0.566. The van der Waals surface area contributed by atoms with Crippen LogP contribution in [-0.2, 0) is 22.9 Å². The number of benzene rings is 1. The Labute approximate surface area is 124 Å². The molecule has 6 heteroatoms. The molecule has 1 aromatic heterocycles. The van der Waals surface area contributed by atoms with Crippen LogP contribution in [-0.4, -0.2) is 18.6 Å². The Bertz CT molecular complexity index is 723. The predicted octanol–water partition coefficient (Wildman–Crippen LogP) is 2.33. The van der Waals surface area contributed by atoms with Crippen LogP contribution in [0, 0.1) is 0 Å². The summed E-state index contributed by atoms with van der Waals surface area (Å²) in [5, 5.41) is 6.54. The van der Waals surface area contributed by atoms with Gasteiger partial charge in [0.15, 0.2) is 0 Å². The van der Waals surface area contributed by atoms with Gasteiger partial charge < -0.3 is 0 Å². The van der Waals surface area contributed by atoms with Gasteiger partial charge in [-0.2, -0.15) is 5.10 Å². The van der Waals surface area contributed by atoms with Crippen molar-refractivity contribution in [2.45, 2.75) is 43.5 Å². The molecule has 0 amide bonds. The van der Waals surface area contributed by atoms with Gasteiger partial charge in [0.25, 0.3) is 0 Å². The Hall–Kier alpha value is -1.66. The molecule has 0 fully saturated rings. The smallest absolute Gasteiger partial charge is 0.241 e. The second kappa shape index (κ2) is 5.61. The summed E-state index contributed by atoms with van der Waals surface area (Å²) in [6, 6.07) is 5.16. The molecule has 1 aromatic carbocycles. The molecule has 0 radical (unpaired) electrons. The fraction of sp³-hybridized carbons (Fsp3) is 0.400. The molecule has 2 aromatic rings. The molecule has 0 aliphatic heterocycles. The number of fused-ring (bicyclic) bond motifs is 1. The second-order valence-corrected chi connectivity index (χ2v) is 7.23. The molecule has 112 valence electrons. The van der Waals surface area contributed by atoms with E-state index in [9.17, 15) is 8.42 Å². The minimum absolute atomic E-state index is 0.315. The van der Waals surface area contributed by atoms with Crippen molar-refractivity contribution in [3.8, 4) is 0 Å². The molecule has 1 heterocycles. The van der Waals surface area contributed by atoms with Gasteiger partial charge in [-0.25, -0.2) is 13.1 Å². The summed E-state index contributed by atoms with van der Waals surface area (Å²) in [6.45, 7) is 1.81. The van der Waals surface area contributed by atoms with E-state index in [0.717, 1.165) is 24.8 Å². The highest BCUT2D eigenvalue weighted by molar-refractivity contribution is 7.89. The number of nitrogens with one attached hydrogen (secondary N) is 2. The van der Waals surface area contributed by atoms with Gasteiger partial charge >= 0.3 is 0 Å². The number of aryl methyl sites for hydroxylation is 2. The van der Waals surface area contributed by atoms with Gasteiger partial charge in [0.1, 0.15) is 0 Å². The number of aromatic nitrogens is 2. The van der Waals surface area contributed by atoms with E-state index in [0.29, 0.717) is 4.90 Å². The van der Waals surface area contributed by atoms with Gasteiger partial charge in [0, 0.05) is 17.8 Å². The zero-order chi connectivity index (χ0) is 14.9. The summed E-state index contributed by atoms with van der Waals surface area (Å²) in [5.41, 5.74) is 3.26. The van der Waals surface area contributed by atoms with Crippen molar-refractivity contribution >= 4 is 10.0 Å². The highest BCUT2D eigenvalue weighted by Gasteiger charge is 2.20. The fourth-order valence-electron chi connectivity index (χ4n) is 2.74. The highest BCUT2D eigenvalue weighted by Crippen LogP contribution is 2.25. The molecule has 5 nitrogen and oxygen atoms in total. The van der Waals surface area contributed by atoms with Crippen molar-refractivity contribution in [1.82, 2.24) is 14.9 Å². The summed E-state index contributed by atoms with van der Waals surface area (Å²) in [7, 11) is -3.51. The summed E-state index contributed by atoms with van der Waals surface area (Å²) in [5.74, 6) is 0. The minimum atomic E-state index is -3.51. The average Bonchev–Trinajstić information content (AvgIpc) is 3.00. The van der Waals surface area contributed by atoms with E-state index in [1.807, 2.05) is 12.1 Å². The quantitative estimate of drug-likeness (QED) is 0.910. The number of H-pyrrole nitrogens is 1. The lowest BCUT2D eigenvalue weighted by Crippen LogP contribution is -2.27. The zero-order valence-electron chi connectivity index (χ0n) is 12.0. The summed E-state index contributed by atoms with van der Waals surface area (Å²) >= 11 is 0. The van der Waals surface area contributed by atoms with Gasteiger partial charge in [-0.15, -0.1) is 0 Å². The first-order chi connectivity index (χ1) is 10.1. The Morgan fingerprint density at radius 2 is 2.00 bits per heavy atom. The van der Waals surface area contributed by atoms with Crippen LogP contribution in [0.3, 0.4) is 0 Å². The molecule has 1 unspecified atom stereocenters. The normalized spacial score (nSPS) is 16.4. The van der Waals surface area contributed by atoms with Crippen molar-refractivity contribution in [2.24, 2.45) is 0 Å². The third-order valence-corrected chi connectivity index (χ3v) is 5.52. The number of hydrogen-bond donors (Lipinski definition) is 2. The lowest BCUT2D eigenvalue weighted by Gasteiger charge is -2.18. The molecule has 0 bridgehead atoms. The number of aromatic amines is 1. The van der Waals surface area contributed by atoms with Crippen LogP contribution in [0.15, 0.2) is 35.5 Å². The Morgan fingerprint density at radius 1 is 1.24 bits per heavy atom. The van der Waals surface area contributed by atoms with Crippen LogP contribution in [0.4, 0.5) is 0 Å². The first-order valence-electron chi connectivity index (χ1n) is 7.19. The summed E-state index contributed by atoms with van der Waals surface area (Å²) < 4.78 is 27.7. The SMILES string of the molecule is CC(NS(=O)(=O)c1ccc2c(c1)CCCC2)c1cn[nH]c1. The number of rotatable bonds is 4. The molecular formula is C15H19N3O2S. The van der Waals surface area contributed by atoms with Gasteiger partial charge in [-0.3, -0.25) is 5.10 Å². The summed E-state index contributed by atoms with van der Waals surface area (Å²) in [6.07, 6.45) is 7.66. The maximum atomic E-state index is 12.5. The van der Waals surface area contributed by atoms with Crippen LogP contribution in [0.2, 0.25) is 0 Å². The maximum Gasteiger partial charge on any atom is 0.241 e. The van der Waals surface area contributed by atoms with E-state index in [4.69, 9.17) is 0 Å². The van der Waals surface area contributed by atoms with E-state index in [1.165, 1.54) is 17.5 Å². The van der Waals surface area contributed by atoms with Crippen molar-refractivity contribution in [2.75, 3.05) is 0 Å². The monoisotopic (exact) mass is 305 g/mol. The second-order valence-electron chi connectivity index (χ2n) is 5.51. The highest BCUT2D eigenvalue weighted by atomic mass is 32.2. The molecule has 0 saturated heterocycles.